The lowest BCUT2D eigenvalue weighted by molar-refractivity contribution is -0.144. The fourth-order valence-electron chi connectivity index (χ4n) is 2.89. The van der Waals surface area contributed by atoms with Crippen LogP contribution in [0.5, 0.6) is 0 Å². The van der Waals surface area contributed by atoms with Gasteiger partial charge in [-0.15, -0.1) is 5.10 Å². The molecular formula is C21H23N5O5S2. The van der Waals surface area contributed by atoms with Crippen LogP contribution in [0.4, 0.5) is 0 Å². The minimum absolute atomic E-state index is 0.0167. The van der Waals surface area contributed by atoms with E-state index in [0.717, 1.165) is 5.56 Å². The van der Waals surface area contributed by atoms with E-state index in [1.807, 2.05) is 30.3 Å². The van der Waals surface area contributed by atoms with Gasteiger partial charge in [-0.1, -0.05) is 47.7 Å². The molecule has 3 aromatic rings. The van der Waals surface area contributed by atoms with Crippen molar-refractivity contribution in [3.05, 3.63) is 66.4 Å². The van der Waals surface area contributed by atoms with Crippen molar-refractivity contribution in [3.63, 3.8) is 0 Å². The highest BCUT2D eigenvalue weighted by molar-refractivity contribution is 7.98. The van der Waals surface area contributed by atoms with Crippen LogP contribution in [0, 0.1) is 0 Å². The zero-order valence-corrected chi connectivity index (χ0v) is 19.4. The van der Waals surface area contributed by atoms with Gasteiger partial charge in [0.05, 0.1) is 18.2 Å². The number of rotatable bonds is 10. The van der Waals surface area contributed by atoms with Gasteiger partial charge in [0.15, 0.2) is 0 Å². The molecule has 12 heteroatoms. The summed E-state index contributed by atoms with van der Waals surface area (Å²) < 4.78 is 28.9. The second kappa shape index (κ2) is 11.1. The van der Waals surface area contributed by atoms with E-state index in [-0.39, 0.29) is 11.4 Å². The van der Waals surface area contributed by atoms with Gasteiger partial charge in [0.1, 0.15) is 18.3 Å². The number of nitrogens with two attached hydrogens (primary N) is 1. The molecule has 33 heavy (non-hydrogen) atoms. The van der Waals surface area contributed by atoms with Crippen LogP contribution < -0.4 is 10.5 Å². The molecule has 10 nitrogen and oxygen atoms in total. The van der Waals surface area contributed by atoms with E-state index in [0.29, 0.717) is 22.8 Å². The lowest BCUT2D eigenvalue weighted by Crippen LogP contribution is -2.44. The third-order valence-corrected chi connectivity index (χ3v) is 6.58. The highest BCUT2D eigenvalue weighted by atomic mass is 32.2. The number of carbonyl (C=O) groups is 2. The zero-order valence-electron chi connectivity index (χ0n) is 17.7. The Balaban J connectivity index is 1.57. The maximum absolute atomic E-state index is 12.5. The first-order valence-corrected chi connectivity index (χ1v) is 12.5. The fourth-order valence-corrected chi connectivity index (χ4v) is 4.41. The van der Waals surface area contributed by atoms with Crippen molar-refractivity contribution in [2.24, 2.45) is 5.14 Å². The molecule has 1 amide bonds. The molecule has 0 fully saturated rings. The lowest BCUT2D eigenvalue weighted by atomic mass is 10.2. The number of ether oxygens (including phenoxy) is 1. The Hall–Kier alpha value is -3.22. The SMILES string of the molecule is COC(=O)C(CSCc1ccccc1)NC(=O)Cn1cc(-c2ccc(S(N)(=O)=O)cc2)nn1. The first-order chi connectivity index (χ1) is 15.8. The van der Waals surface area contributed by atoms with Crippen molar-refractivity contribution in [1.82, 2.24) is 20.3 Å². The molecule has 1 unspecified atom stereocenters. The Morgan fingerprint density at radius 1 is 1.15 bits per heavy atom. The number of thioether (sulfide) groups is 1. The molecule has 0 saturated carbocycles. The Bertz CT molecular complexity index is 1200. The van der Waals surface area contributed by atoms with E-state index in [9.17, 15) is 18.0 Å². The number of sulfonamides is 1. The number of nitrogens with zero attached hydrogens (tertiary/aromatic N) is 3. The van der Waals surface area contributed by atoms with E-state index in [1.54, 1.807) is 18.3 Å². The van der Waals surface area contributed by atoms with E-state index < -0.39 is 27.9 Å². The summed E-state index contributed by atoms with van der Waals surface area (Å²) in [5.74, 6) is 0.0950. The van der Waals surface area contributed by atoms with E-state index in [2.05, 4.69) is 15.6 Å². The van der Waals surface area contributed by atoms with Crippen LogP contribution in [0.25, 0.3) is 11.3 Å². The molecule has 3 N–H and O–H groups in total. The summed E-state index contributed by atoms with van der Waals surface area (Å²) in [4.78, 5) is 24.6. The van der Waals surface area contributed by atoms with Gasteiger partial charge in [0.25, 0.3) is 0 Å². The van der Waals surface area contributed by atoms with Crippen LogP contribution >= 0.6 is 11.8 Å². The van der Waals surface area contributed by atoms with Crippen molar-refractivity contribution in [3.8, 4) is 11.3 Å². The molecule has 0 aliphatic carbocycles. The number of aromatic nitrogens is 3. The number of carbonyl (C=O) groups excluding carboxylic acids is 2. The van der Waals surface area contributed by atoms with Gasteiger partial charge in [-0.05, 0) is 17.7 Å². The number of amides is 1. The topological polar surface area (TPSA) is 146 Å². The number of primary sulfonamides is 1. The van der Waals surface area contributed by atoms with Crippen molar-refractivity contribution < 1.29 is 22.7 Å². The predicted molar refractivity (Wildman–Crippen MR) is 123 cm³/mol. The zero-order chi connectivity index (χ0) is 23.8. The van der Waals surface area contributed by atoms with E-state index in [4.69, 9.17) is 9.88 Å². The van der Waals surface area contributed by atoms with Gasteiger partial charge in [-0.25, -0.2) is 23.0 Å². The average Bonchev–Trinajstić information content (AvgIpc) is 3.26. The van der Waals surface area contributed by atoms with Gasteiger partial charge in [-0.3, -0.25) is 4.79 Å². The summed E-state index contributed by atoms with van der Waals surface area (Å²) in [5.41, 5.74) is 2.18. The molecule has 2 aromatic carbocycles. The molecule has 174 valence electrons. The molecular weight excluding hydrogens is 466 g/mol. The molecule has 0 bridgehead atoms. The number of esters is 1. The highest BCUT2D eigenvalue weighted by Crippen LogP contribution is 2.18. The number of nitrogens with one attached hydrogen (secondary N) is 1. The van der Waals surface area contributed by atoms with Crippen molar-refractivity contribution >= 4 is 33.7 Å². The standard InChI is InChI=1S/C21H23N5O5S2/c1-31-21(28)19(14-32-13-15-5-3-2-4-6-15)23-20(27)12-26-11-18(24-25-26)16-7-9-17(10-8-16)33(22,29)30/h2-11,19H,12-14H2,1H3,(H,23,27)(H2,22,29,30). The molecule has 0 aliphatic rings. The molecule has 1 heterocycles. The summed E-state index contributed by atoms with van der Waals surface area (Å²) in [6.07, 6.45) is 1.54. The monoisotopic (exact) mass is 489 g/mol. The largest absolute Gasteiger partial charge is 0.467 e. The van der Waals surface area contributed by atoms with Crippen LogP contribution in [-0.4, -0.2) is 54.2 Å². The summed E-state index contributed by atoms with van der Waals surface area (Å²) in [6, 6.07) is 14.8. The van der Waals surface area contributed by atoms with Gasteiger partial charge in [0, 0.05) is 17.1 Å². The van der Waals surface area contributed by atoms with Crippen LogP contribution in [0.15, 0.2) is 65.7 Å². The molecule has 0 saturated heterocycles. The molecule has 0 radical (unpaired) electrons. The van der Waals surface area contributed by atoms with Crippen LogP contribution in [0.2, 0.25) is 0 Å². The number of benzene rings is 2. The van der Waals surface area contributed by atoms with Crippen LogP contribution in [0.1, 0.15) is 5.56 Å². The molecule has 1 aromatic heterocycles. The van der Waals surface area contributed by atoms with Crippen LogP contribution in [-0.2, 0) is 36.6 Å². The summed E-state index contributed by atoms with van der Waals surface area (Å²) >= 11 is 1.51. The van der Waals surface area contributed by atoms with Gasteiger partial charge in [0.2, 0.25) is 15.9 Å². The normalized spacial score (nSPS) is 12.2. The average molecular weight is 490 g/mol. The van der Waals surface area contributed by atoms with Gasteiger partial charge >= 0.3 is 5.97 Å². The minimum Gasteiger partial charge on any atom is -0.467 e. The van der Waals surface area contributed by atoms with Gasteiger partial charge < -0.3 is 10.1 Å². The van der Waals surface area contributed by atoms with Crippen molar-refractivity contribution in [1.29, 1.82) is 0 Å². The van der Waals surface area contributed by atoms with Crippen LogP contribution in [0.3, 0.4) is 0 Å². The maximum Gasteiger partial charge on any atom is 0.329 e. The first kappa shape index (κ1) is 24.4. The van der Waals surface area contributed by atoms with Crippen molar-refractivity contribution in [2.45, 2.75) is 23.2 Å². The highest BCUT2D eigenvalue weighted by Gasteiger charge is 2.22. The number of hydrogen-bond acceptors (Lipinski definition) is 8. The molecule has 0 spiro atoms. The third-order valence-electron chi connectivity index (χ3n) is 4.54. The van der Waals surface area contributed by atoms with Gasteiger partial charge in [-0.2, -0.15) is 11.8 Å². The second-order valence-electron chi connectivity index (χ2n) is 7.01. The maximum atomic E-state index is 12.5. The summed E-state index contributed by atoms with van der Waals surface area (Å²) in [7, 11) is -2.52. The number of hydrogen-bond donors (Lipinski definition) is 2. The molecule has 0 aliphatic heterocycles. The second-order valence-corrected chi connectivity index (χ2v) is 9.61. The Kier molecular flexibility index (Phi) is 8.20. The smallest absolute Gasteiger partial charge is 0.329 e. The first-order valence-electron chi connectivity index (χ1n) is 9.78. The van der Waals surface area contributed by atoms with Crippen molar-refractivity contribution in [2.75, 3.05) is 12.9 Å². The Morgan fingerprint density at radius 2 is 1.85 bits per heavy atom. The fraction of sp³-hybridized carbons (Fsp3) is 0.238. The van der Waals surface area contributed by atoms with E-state index in [1.165, 1.54) is 35.7 Å². The lowest BCUT2D eigenvalue weighted by Gasteiger charge is -2.16. The minimum atomic E-state index is -3.79. The molecule has 1 atom stereocenters. The van der Waals surface area contributed by atoms with E-state index >= 15 is 0 Å². The predicted octanol–water partition coefficient (Wildman–Crippen LogP) is 1.18. The quantitative estimate of drug-likeness (QED) is 0.404. The Morgan fingerprint density at radius 3 is 2.48 bits per heavy atom. The summed E-state index contributed by atoms with van der Waals surface area (Å²) in [5, 5.41) is 15.7. The third kappa shape index (κ3) is 7.14. The molecule has 3 rings (SSSR count). The summed E-state index contributed by atoms with van der Waals surface area (Å²) in [6.45, 7) is -0.154. The Labute approximate surface area is 195 Å². The number of methoxy groups -OCH3 is 1.